The lowest BCUT2D eigenvalue weighted by Crippen LogP contribution is -2.30. The van der Waals surface area contributed by atoms with Crippen molar-refractivity contribution in [1.29, 1.82) is 5.26 Å². The molecule has 120 valence electrons. The zero-order valence-electron chi connectivity index (χ0n) is 12.8. The minimum atomic E-state index is -0.346. The number of nitriles is 1. The number of ether oxygens (including phenoxy) is 1. The number of hydrogen-bond donors (Lipinski definition) is 2. The Labute approximate surface area is 139 Å². The molecule has 0 saturated carbocycles. The summed E-state index contributed by atoms with van der Waals surface area (Å²) in [6.07, 6.45) is 1.91. The van der Waals surface area contributed by atoms with Crippen LogP contribution in [0.4, 0.5) is 0 Å². The van der Waals surface area contributed by atoms with E-state index in [0.29, 0.717) is 28.7 Å². The van der Waals surface area contributed by atoms with Crippen molar-refractivity contribution in [3.8, 4) is 17.6 Å². The van der Waals surface area contributed by atoms with Gasteiger partial charge < -0.3 is 15.2 Å². The van der Waals surface area contributed by atoms with Crippen LogP contribution in [0.5, 0.6) is 11.5 Å². The molecule has 0 spiro atoms. The van der Waals surface area contributed by atoms with Crippen molar-refractivity contribution in [2.24, 2.45) is 0 Å². The summed E-state index contributed by atoms with van der Waals surface area (Å²) in [6, 6.07) is 7.14. The van der Waals surface area contributed by atoms with E-state index in [9.17, 15) is 15.2 Å². The molecule has 0 saturated heterocycles. The lowest BCUT2D eigenvalue weighted by atomic mass is 9.87. The van der Waals surface area contributed by atoms with Crippen LogP contribution < -0.4 is 10.1 Å². The maximum atomic E-state index is 12.0. The fraction of sp³-hybridized carbons (Fsp3) is 0.294. The molecule has 0 aliphatic carbocycles. The summed E-state index contributed by atoms with van der Waals surface area (Å²) in [4.78, 5) is 12.0. The van der Waals surface area contributed by atoms with Crippen LogP contribution in [-0.4, -0.2) is 23.4 Å². The molecule has 1 aromatic carbocycles. The minimum absolute atomic E-state index is 0.0413. The topological polar surface area (TPSA) is 82.3 Å². The number of carbonyl (C=O) groups is 1. The van der Waals surface area contributed by atoms with Crippen molar-refractivity contribution >= 4 is 17.7 Å². The fourth-order valence-electron chi connectivity index (χ4n) is 2.38. The summed E-state index contributed by atoms with van der Waals surface area (Å²) < 4.78 is 5.39. The summed E-state index contributed by atoms with van der Waals surface area (Å²) >= 11 is 1.38. The number of carbonyl (C=O) groups excluding carboxylic acids is 1. The predicted molar refractivity (Wildman–Crippen MR) is 90.1 cm³/mol. The van der Waals surface area contributed by atoms with Gasteiger partial charge in [0.1, 0.15) is 0 Å². The van der Waals surface area contributed by atoms with Gasteiger partial charge in [0.25, 0.3) is 0 Å². The standard InChI is InChI=1S/C17H18N2O3S/c1-3-7-23-17-13(10-18)12(9-16(21)19-17)11-5-6-14(20)15(8-11)22-4-2/h3,5-6,8,12,20H,1,4,7,9H2,2H3,(H,19,21). The number of phenols is 1. The summed E-state index contributed by atoms with van der Waals surface area (Å²) in [5.74, 6) is 0.522. The second-order valence-corrected chi connectivity index (χ2v) is 5.95. The Morgan fingerprint density at radius 2 is 2.39 bits per heavy atom. The monoisotopic (exact) mass is 330 g/mol. The van der Waals surface area contributed by atoms with Crippen molar-refractivity contribution in [2.75, 3.05) is 12.4 Å². The fourth-order valence-corrected chi connectivity index (χ4v) is 3.19. The molecule has 0 radical (unpaired) electrons. The van der Waals surface area contributed by atoms with E-state index in [2.05, 4.69) is 18.0 Å². The van der Waals surface area contributed by atoms with Gasteiger partial charge in [-0.05, 0) is 24.6 Å². The van der Waals surface area contributed by atoms with E-state index < -0.39 is 0 Å². The highest BCUT2D eigenvalue weighted by molar-refractivity contribution is 8.03. The Morgan fingerprint density at radius 3 is 3.04 bits per heavy atom. The summed E-state index contributed by atoms with van der Waals surface area (Å²) in [7, 11) is 0. The average molecular weight is 330 g/mol. The molecule has 1 aliphatic heterocycles. The smallest absolute Gasteiger partial charge is 0.225 e. The molecule has 1 heterocycles. The Hall–Kier alpha value is -2.39. The molecule has 5 nitrogen and oxygen atoms in total. The largest absolute Gasteiger partial charge is 0.504 e. The minimum Gasteiger partial charge on any atom is -0.504 e. The van der Waals surface area contributed by atoms with Crippen LogP contribution in [0.15, 0.2) is 41.5 Å². The Bertz CT molecular complexity index is 692. The molecule has 1 aliphatic rings. The normalized spacial score (nSPS) is 17.4. The number of nitrogens with one attached hydrogen (secondary N) is 1. The maximum absolute atomic E-state index is 12.0. The van der Waals surface area contributed by atoms with Gasteiger partial charge in [-0.1, -0.05) is 12.1 Å². The first-order chi connectivity index (χ1) is 11.1. The number of phenolic OH excluding ortho intramolecular Hbond substituents is 1. The van der Waals surface area contributed by atoms with Crippen LogP contribution in [0.25, 0.3) is 0 Å². The first kappa shape index (κ1) is 17.0. The van der Waals surface area contributed by atoms with E-state index in [0.717, 1.165) is 5.56 Å². The number of rotatable bonds is 6. The molecule has 2 rings (SSSR count). The van der Waals surface area contributed by atoms with Crippen LogP contribution >= 0.6 is 11.8 Å². The second-order valence-electron chi connectivity index (χ2n) is 4.92. The molecular formula is C17H18N2O3S. The van der Waals surface area contributed by atoms with E-state index in [4.69, 9.17) is 4.74 Å². The van der Waals surface area contributed by atoms with Gasteiger partial charge in [0.2, 0.25) is 5.91 Å². The Kier molecular flexibility index (Phi) is 5.72. The van der Waals surface area contributed by atoms with Crippen LogP contribution in [0.2, 0.25) is 0 Å². The molecule has 1 amide bonds. The van der Waals surface area contributed by atoms with Crippen LogP contribution in [-0.2, 0) is 4.79 Å². The quantitative estimate of drug-likeness (QED) is 0.783. The number of hydrogen-bond acceptors (Lipinski definition) is 5. The third kappa shape index (κ3) is 3.88. The van der Waals surface area contributed by atoms with Gasteiger partial charge in [-0.3, -0.25) is 4.79 Å². The van der Waals surface area contributed by atoms with Crippen LogP contribution in [0.3, 0.4) is 0 Å². The number of thioether (sulfide) groups is 1. The molecule has 23 heavy (non-hydrogen) atoms. The van der Waals surface area contributed by atoms with Gasteiger partial charge in [0.15, 0.2) is 11.5 Å². The van der Waals surface area contributed by atoms with Crippen molar-refractivity contribution in [1.82, 2.24) is 5.32 Å². The highest BCUT2D eigenvalue weighted by atomic mass is 32.2. The van der Waals surface area contributed by atoms with Crippen molar-refractivity contribution < 1.29 is 14.6 Å². The van der Waals surface area contributed by atoms with Crippen LogP contribution in [0.1, 0.15) is 24.8 Å². The molecule has 2 N–H and O–H groups in total. The molecule has 0 aromatic heterocycles. The zero-order chi connectivity index (χ0) is 16.8. The molecule has 1 aromatic rings. The lowest BCUT2D eigenvalue weighted by Gasteiger charge is -2.25. The number of allylic oxidation sites excluding steroid dienone is 1. The van der Waals surface area contributed by atoms with Gasteiger partial charge in [0.05, 0.1) is 23.3 Å². The zero-order valence-corrected chi connectivity index (χ0v) is 13.7. The van der Waals surface area contributed by atoms with E-state index >= 15 is 0 Å². The maximum Gasteiger partial charge on any atom is 0.225 e. The summed E-state index contributed by atoms with van der Waals surface area (Å²) in [5.41, 5.74) is 1.29. The van der Waals surface area contributed by atoms with E-state index in [1.807, 2.05) is 6.92 Å². The van der Waals surface area contributed by atoms with E-state index in [1.54, 1.807) is 18.2 Å². The lowest BCUT2D eigenvalue weighted by molar-refractivity contribution is -0.120. The Morgan fingerprint density at radius 1 is 1.61 bits per heavy atom. The first-order valence-corrected chi connectivity index (χ1v) is 8.22. The molecule has 6 heteroatoms. The molecule has 1 unspecified atom stereocenters. The van der Waals surface area contributed by atoms with Crippen LogP contribution in [0, 0.1) is 11.3 Å². The molecule has 1 atom stereocenters. The number of benzene rings is 1. The first-order valence-electron chi connectivity index (χ1n) is 7.24. The van der Waals surface area contributed by atoms with Gasteiger partial charge >= 0.3 is 0 Å². The predicted octanol–water partition coefficient (Wildman–Crippen LogP) is 3.05. The van der Waals surface area contributed by atoms with Gasteiger partial charge in [-0.15, -0.1) is 18.3 Å². The van der Waals surface area contributed by atoms with E-state index in [-0.39, 0.29) is 24.0 Å². The van der Waals surface area contributed by atoms with E-state index in [1.165, 1.54) is 17.8 Å². The average Bonchev–Trinajstić information content (AvgIpc) is 2.54. The molecule has 0 bridgehead atoms. The highest BCUT2D eigenvalue weighted by Gasteiger charge is 2.29. The van der Waals surface area contributed by atoms with Gasteiger partial charge in [-0.25, -0.2) is 0 Å². The molecule has 0 fully saturated rings. The number of nitrogens with zero attached hydrogens (tertiary/aromatic N) is 1. The Balaban J connectivity index is 2.43. The van der Waals surface area contributed by atoms with Gasteiger partial charge in [-0.2, -0.15) is 5.26 Å². The van der Waals surface area contributed by atoms with Crippen molar-refractivity contribution in [3.63, 3.8) is 0 Å². The highest BCUT2D eigenvalue weighted by Crippen LogP contribution is 2.38. The SMILES string of the molecule is C=CCSC1=C(C#N)C(c2ccc(O)c(OCC)c2)CC(=O)N1. The van der Waals surface area contributed by atoms with Gasteiger partial charge in [0, 0.05) is 18.1 Å². The third-order valence-electron chi connectivity index (χ3n) is 3.39. The van der Waals surface area contributed by atoms with Crippen molar-refractivity contribution in [2.45, 2.75) is 19.3 Å². The summed E-state index contributed by atoms with van der Waals surface area (Å²) in [5, 5.41) is 22.7. The number of amides is 1. The second kappa shape index (κ2) is 7.75. The van der Waals surface area contributed by atoms with Crippen molar-refractivity contribution in [3.05, 3.63) is 47.0 Å². The summed E-state index contributed by atoms with van der Waals surface area (Å²) in [6.45, 7) is 5.89. The third-order valence-corrected chi connectivity index (χ3v) is 4.40. The molecular weight excluding hydrogens is 312 g/mol. The number of aromatic hydroxyl groups is 1.